The van der Waals surface area contributed by atoms with Crippen LogP contribution in [0.25, 0.3) is 11.0 Å². The Morgan fingerprint density at radius 2 is 1.83 bits per heavy atom. The van der Waals surface area contributed by atoms with E-state index in [-0.39, 0.29) is 6.09 Å². The summed E-state index contributed by atoms with van der Waals surface area (Å²) in [5, 5.41) is 0.677. The van der Waals surface area contributed by atoms with E-state index in [1.165, 1.54) is 0 Å². The summed E-state index contributed by atoms with van der Waals surface area (Å²) in [6.07, 6.45) is 3.93. The highest BCUT2D eigenvalue weighted by Gasteiger charge is 2.26. The van der Waals surface area contributed by atoms with Crippen LogP contribution in [0.3, 0.4) is 0 Å². The summed E-state index contributed by atoms with van der Waals surface area (Å²) in [5.74, 6) is 2.97. The van der Waals surface area contributed by atoms with E-state index < -0.39 is 5.60 Å². The number of rotatable bonds is 8. The lowest BCUT2D eigenvalue weighted by molar-refractivity contribution is 0.0180. The highest BCUT2D eigenvalue weighted by atomic mass is 35.5. The number of ether oxygens (including phenoxy) is 3. The number of carbonyl (C=O) groups excluding carboxylic acids is 1. The number of halogens is 1. The number of aromatic nitrogens is 2. The van der Waals surface area contributed by atoms with E-state index in [9.17, 15) is 4.79 Å². The van der Waals surface area contributed by atoms with Crippen molar-refractivity contribution < 1.29 is 19.0 Å². The molecular weight excluding hydrogens is 478 g/mol. The summed E-state index contributed by atoms with van der Waals surface area (Å²) in [7, 11) is 1.67. The Balaban J connectivity index is 1.38. The third-order valence-corrected chi connectivity index (χ3v) is 6.73. The molecule has 1 aliphatic heterocycles. The average molecular weight is 514 g/mol. The van der Waals surface area contributed by atoms with Gasteiger partial charge in [-0.3, -0.25) is 0 Å². The molecule has 0 spiro atoms. The molecule has 2 aromatic carbocycles. The number of para-hydroxylation sites is 1. The number of aryl methyl sites for hydroxylation is 1. The SMILES string of the molecule is COc1cccc2c1nc(COc1ccc(Cl)cc1)n2CCCC1CCN(C(=O)OC(C)(C)C)CC1. The van der Waals surface area contributed by atoms with Crippen LogP contribution in [0.15, 0.2) is 42.5 Å². The number of benzene rings is 2. The standard InChI is InChI=1S/C28H36ClN3O4/c1-28(2,3)36-27(33)31-17-14-20(15-18-31)7-6-16-32-23-8-5-9-24(34-4)26(23)30-25(32)19-35-22-12-10-21(29)11-13-22/h5,8-13,20H,6-7,14-19H2,1-4H3. The quantitative estimate of drug-likeness (QED) is 0.335. The van der Waals surface area contributed by atoms with E-state index >= 15 is 0 Å². The van der Waals surface area contributed by atoms with Crippen LogP contribution in [0.5, 0.6) is 11.5 Å². The van der Waals surface area contributed by atoms with Gasteiger partial charge in [-0.1, -0.05) is 17.7 Å². The molecule has 1 aromatic heterocycles. The van der Waals surface area contributed by atoms with Crippen molar-refractivity contribution >= 4 is 28.7 Å². The van der Waals surface area contributed by atoms with Gasteiger partial charge in [-0.25, -0.2) is 9.78 Å². The lowest BCUT2D eigenvalue weighted by Gasteiger charge is -2.33. The van der Waals surface area contributed by atoms with Gasteiger partial charge in [0.1, 0.15) is 35.0 Å². The number of nitrogens with zero attached hydrogens (tertiary/aromatic N) is 3. The topological polar surface area (TPSA) is 65.8 Å². The van der Waals surface area contributed by atoms with Crippen LogP contribution in [0.2, 0.25) is 5.02 Å². The number of amides is 1. The van der Waals surface area contributed by atoms with Crippen molar-refractivity contribution in [1.29, 1.82) is 0 Å². The number of likely N-dealkylation sites (tertiary alicyclic amines) is 1. The van der Waals surface area contributed by atoms with Gasteiger partial charge in [0.2, 0.25) is 0 Å². The van der Waals surface area contributed by atoms with Gasteiger partial charge in [-0.15, -0.1) is 0 Å². The molecule has 1 aliphatic rings. The molecule has 1 amide bonds. The number of hydrogen-bond donors (Lipinski definition) is 0. The predicted molar refractivity (Wildman–Crippen MR) is 142 cm³/mol. The van der Waals surface area contributed by atoms with Crippen LogP contribution in [0, 0.1) is 5.92 Å². The zero-order valence-corrected chi connectivity index (χ0v) is 22.4. The van der Waals surface area contributed by atoms with E-state index in [1.807, 2.05) is 62.1 Å². The molecule has 7 nitrogen and oxygen atoms in total. The Morgan fingerprint density at radius 1 is 1.11 bits per heavy atom. The van der Waals surface area contributed by atoms with E-state index in [0.29, 0.717) is 17.5 Å². The number of hydrogen-bond acceptors (Lipinski definition) is 5. The largest absolute Gasteiger partial charge is 0.494 e. The zero-order chi connectivity index (χ0) is 25.7. The number of imidazole rings is 1. The second-order valence-electron chi connectivity index (χ2n) is 10.3. The van der Waals surface area contributed by atoms with Crippen molar-refractivity contribution in [3.05, 3.63) is 53.3 Å². The molecule has 8 heteroatoms. The molecule has 2 heterocycles. The molecule has 0 atom stereocenters. The Hall–Kier alpha value is -2.93. The van der Waals surface area contributed by atoms with Crippen LogP contribution in [0.4, 0.5) is 4.79 Å². The zero-order valence-electron chi connectivity index (χ0n) is 21.6. The molecule has 0 N–H and O–H groups in total. The first-order valence-electron chi connectivity index (χ1n) is 12.6. The summed E-state index contributed by atoms with van der Waals surface area (Å²) in [4.78, 5) is 19.1. The van der Waals surface area contributed by atoms with Crippen LogP contribution < -0.4 is 9.47 Å². The maximum Gasteiger partial charge on any atom is 0.410 e. The lowest BCUT2D eigenvalue weighted by Crippen LogP contribution is -2.41. The fourth-order valence-corrected chi connectivity index (χ4v) is 4.77. The maximum atomic E-state index is 12.3. The Bertz CT molecular complexity index is 1160. The van der Waals surface area contributed by atoms with Gasteiger partial charge in [0.15, 0.2) is 0 Å². The van der Waals surface area contributed by atoms with Crippen molar-refractivity contribution in [2.75, 3.05) is 20.2 Å². The van der Waals surface area contributed by atoms with Gasteiger partial charge in [-0.05, 0) is 88.8 Å². The number of piperidine rings is 1. The van der Waals surface area contributed by atoms with Crippen molar-refractivity contribution in [1.82, 2.24) is 14.5 Å². The van der Waals surface area contributed by atoms with Crippen molar-refractivity contribution in [3.8, 4) is 11.5 Å². The highest BCUT2D eigenvalue weighted by Crippen LogP contribution is 2.29. The first kappa shape index (κ1) is 26.1. The minimum absolute atomic E-state index is 0.204. The maximum absolute atomic E-state index is 12.3. The normalized spacial score (nSPS) is 14.8. The Kier molecular flexibility index (Phi) is 8.29. The minimum Gasteiger partial charge on any atom is -0.494 e. The van der Waals surface area contributed by atoms with E-state index in [2.05, 4.69) is 10.6 Å². The summed E-state index contributed by atoms with van der Waals surface area (Å²) in [5.41, 5.74) is 1.43. The van der Waals surface area contributed by atoms with Crippen molar-refractivity contribution in [3.63, 3.8) is 0 Å². The van der Waals surface area contributed by atoms with Crippen LogP contribution in [0.1, 0.15) is 52.3 Å². The van der Waals surface area contributed by atoms with Gasteiger partial charge in [0, 0.05) is 24.7 Å². The summed E-state index contributed by atoms with van der Waals surface area (Å²) in [6.45, 7) is 8.42. The third-order valence-electron chi connectivity index (χ3n) is 6.48. The number of carbonyl (C=O) groups is 1. The van der Waals surface area contributed by atoms with Gasteiger partial charge in [0.05, 0.1) is 12.6 Å². The molecule has 1 saturated heterocycles. The van der Waals surface area contributed by atoms with E-state index in [1.54, 1.807) is 7.11 Å². The molecule has 0 saturated carbocycles. The number of methoxy groups -OCH3 is 1. The lowest BCUT2D eigenvalue weighted by atomic mass is 9.92. The number of fused-ring (bicyclic) bond motifs is 1. The minimum atomic E-state index is -0.459. The van der Waals surface area contributed by atoms with E-state index in [4.69, 9.17) is 30.8 Å². The van der Waals surface area contributed by atoms with Gasteiger partial charge in [-0.2, -0.15) is 0 Å². The first-order valence-corrected chi connectivity index (χ1v) is 13.0. The molecule has 0 unspecified atom stereocenters. The van der Waals surface area contributed by atoms with Crippen molar-refractivity contribution in [2.24, 2.45) is 5.92 Å². The molecule has 0 aliphatic carbocycles. The van der Waals surface area contributed by atoms with Gasteiger partial charge < -0.3 is 23.7 Å². The predicted octanol–water partition coefficient (Wildman–Crippen LogP) is 6.70. The molecule has 194 valence electrons. The fraction of sp³-hybridized carbons (Fsp3) is 0.500. The first-order chi connectivity index (χ1) is 17.2. The molecular formula is C28H36ClN3O4. The smallest absolute Gasteiger partial charge is 0.410 e. The van der Waals surface area contributed by atoms with E-state index in [0.717, 1.165) is 73.7 Å². The summed E-state index contributed by atoms with van der Waals surface area (Å²) in [6, 6.07) is 13.4. The van der Waals surface area contributed by atoms with Crippen LogP contribution >= 0.6 is 11.6 Å². The van der Waals surface area contributed by atoms with Gasteiger partial charge in [0.25, 0.3) is 0 Å². The fourth-order valence-electron chi connectivity index (χ4n) is 4.64. The van der Waals surface area contributed by atoms with Crippen LogP contribution in [-0.4, -0.2) is 46.3 Å². The third kappa shape index (κ3) is 6.64. The Labute approximate surface area is 218 Å². The van der Waals surface area contributed by atoms with Crippen molar-refractivity contribution in [2.45, 2.75) is 65.2 Å². The molecule has 0 radical (unpaired) electrons. The van der Waals surface area contributed by atoms with Crippen LogP contribution in [-0.2, 0) is 17.9 Å². The average Bonchev–Trinajstić information content (AvgIpc) is 3.20. The molecule has 36 heavy (non-hydrogen) atoms. The second kappa shape index (κ2) is 11.4. The second-order valence-corrected chi connectivity index (χ2v) is 10.7. The molecule has 4 rings (SSSR count). The molecule has 3 aromatic rings. The Morgan fingerprint density at radius 3 is 2.50 bits per heavy atom. The molecule has 0 bridgehead atoms. The molecule has 1 fully saturated rings. The summed E-state index contributed by atoms with van der Waals surface area (Å²) < 4.78 is 19.3. The highest BCUT2D eigenvalue weighted by molar-refractivity contribution is 6.30. The monoisotopic (exact) mass is 513 g/mol. The summed E-state index contributed by atoms with van der Waals surface area (Å²) >= 11 is 6.00. The van der Waals surface area contributed by atoms with Gasteiger partial charge >= 0.3 is 6.09 Å².